The van der Waals surface area contributed by atoms with Crippen LogP contribution >= 0.6 is 8.73 Å². The van der Waals surface area contributed by atoms with Gasteiger partial charge in [-0.25, -0.2) is 4.39 Å². The zero-order chi connectivity index (χ0) is 9.52. The Kier molecular flexibility index (Phi) is 4.95. The minimum absolute atomic E-state index is 0.107. The van der Waals surface area contributed by atoms with Gasteiger partial charge in [-0.05, 0) is 27.8 Å². The predicted molar refractivity (Wildman–Crippen MR) is 57.3 cm³/mol. The minimum Gasteiger partial charge on any atom is -0.294 e. The third kappa shape index (κ3) is 3.84. The lowest BCUT2D eigenvalue weighted by Gasteiger charge is -2.04. The maximum absolute atomic E-state index is 13.1. The summed E-state index contributed by atoms with van der Waals surface area (Å²) in [6.07, 6.45) is 2.33. The molecule has 0 aliphatic heterocycles. The second-order valence-electron chi connectivity index (χ2n) is 2.89. The molecule has 0 bridgehead atoms. The lowest BCUT2D eigenvalue weighted by atomic mass is 10.3. The molecule has 3 heteroatoms. The molecule has 0 heterocycles. The first-order valence-corrected chi connectivity index (χ1v) is 5.58. The van der Waals surface area contributed by atoms with Gasteiger partial charge in [-0.1, -0.05) is 31.5 Å². The van der Waals surface area contributed by atoms with Gasteiger partial charge in [0.05, 0.1) is 0 Å². The van der Waals surface area contributed by atoms with Gasteiger partial charge >= 0.3 is 0 Å². The van der Waals surface area contributed by atoms with E-state index in [0.29, 0.717) is 8.73 Å². The molecule has 0 fully saturated rings. The van der Waals surface area contributed by atoms with Crippen LogP contribution in [0.4, 0.5) is 4.39 Å². The topological polar surface area (TPSA) is 12.0 Å². The lowest BCUT2D eigenvalue weighted by molar-refractivity contribution is 0.636. The highest BCUT2D eigenvalue weighted by atomic mass is 31.1. The summed E-state index contributed by atoms with van der Waals surface area (Å²) in [5.74, 6) is -0.107. The van der Waals surface area contributed by atoms with E-state index in [0.717, 1.165) is 18.3 Å². The maximum atomic E-state index is 13.1. The Balaban J connectivity index is 2.32. The Bertz CT molecular complexity index is 252. The largest absolute Gasteiger partial charge is 0.294 e. The Morgan fingerprint density at radius 3 is 2.85 bits per heavy atom. The first-order valence-electron chi connectivity index (χ1n) is 4.58. The van der Waals surface area contributed by atoms with Crippen molar-refractivity contribution < 1.29 is 4.39 Å². The molecule has 0 aliphatic carbocycles. The summed E-state index contributed by atoms with van der Waals surface area (Å²) in [5, 5.41) is 4.01. The average molecular weight is 199 g/mol. The molecular weight excluding hydrogens is 184 g/mol. The number of rotatable bonds is 5. The summed E-state index contributed by atoms with van der Waals surface area (Å²) in [4.78, 5) is 0. The van der Waals surface area contributed by atoms with Gasteiger partial charge in [0.1, 0.15) is 5.82 Å². The molecule has 1 nitrogen and oxygen atoms in total. The standard InChI is InChI=1S/C10H15FNP/c1-2-3-8-12-13-10-7-5-4-6-9(10)11/h4-7,12-13H,2-3,8H2,1H3. The van der Waals surface area contributed by atoms with Gasteiger partial charge in [-0.3, -0.25) is 5.09 Å². The molecule has 0 amide bonds. The number of hydrogen-bond donors (Lipinski definition) is 1. The third-order valence-electron chi connectivity index (χ3n) is 1.75. The average Bonchev–Trinajstić information content (AvgIpc) is 2.15. The molecule has 72 valence electrons. The number of unbranched alkanes of at least 4 members (excludes halogenated alkanes) is 1. The van der Waals surface area contributed by atoms with E-state index < -0.39 is 0 Å². The van der Waals surface area contributed by atoms with Gasteiger partial charge in [0, 0.05) is 5.30 Å². The highest BCUT2D eigenvalue weighted by Crippen LogP contribution is 2.07. The van der Waals surface area contributed by atoms with Crippen molar-refractivity contribution in [1.82, 2.24) is 5.09 Å². The van der Waals surface area contributed by atoms with E-state index in [1.54, 1.807) is 6.07 Å². The quantitative estimate of drug-likeness (QED) is 0.567. The summed E-state index contributed by atoms with van der Waals surface area (Å²) >= 11 is 0. The molecule has 0 saturated carbocycles. The molecule has 1 unspecified atom stereocenters. The van der Waals surface area contributed by atoms with Crippen LogP contribution in [-0.4, -0.2) is 6.54 Å². The van der Waals surface area contributed by atoms with Crippen molar-refractivity contribution in [3.05, 3.63) is 30.1 Å². The number of halogens is 1. The van der Waals surface area contributed by atoms with Crippen molar-refractivity contribution in [1.29, 1.82) is 0 Å². The van der Waals surface area contributed by atoms with Crippen molar-refractivity contribution in [2.45, 2.75) is 19.8 Å². The molecule has 1 atom stereocenters. The summed E-state index contributed by atoms with van der Waals surface area (Å²) in [7, 11) is 0.388. The Morgan fingerprint density at radius 1 is 1.38 bits per heavy atom. The molecule has 0 radical (unpaired) electrons. The molecule has 1 N–H and O–H groups in total. The molecule has 13 heavy (non-hydrogen) atoms. The molecular formula is C10H15FNP. The van der Waals surface area contributed by atoms with E-state index >= 15 is 0 Å². The molecule has 0 spiro atoms. The van der Waals surface area contributed by atoms with E-state index in [1.807, 2.05) is 12.1 Å². The van der Waals surface area contributed by atoms with Crippen LogP contribution in [0, 0.1) is 5.82 Å². The second-order valence-corrected chi connectivity index (χ2v) is 4.03. The van der Waals surface area contributed by atoms with E-state index in [-0.39, 0.29) is 5.82 Å². The fourth-order valence-electron chi connectivity index (χ4n) is 0.985. The fraction of sp³-hybridized carbons (Fsp3) is 0.400. The molecule has 1 aromatic carbocycles. The first kappa shape index (κ1) is 10.6. The maximum Gasteiger partial charge on any atom is 0.131 e. The first-order chi connectivity index (χ1) is 6.34. The summed E-state index contributed by atoms with van der Waals surface area (Å²) in [6.45, 7) is 3.12. The van der Waals surface area contributed by atoms with Gasteiger partial charge in [0.2, 0.25) is 0 Å². The zero-order valence-electron chi connectivity index (χ0n) is 7.81. The molecule has 0 saturated heterocycles. The van der Waals surface area contributed by atoms with E-state index in [2.05, 4.69) is 12.0 Å². The normalized spacial score (nSPS) is 11.2. The minimum atomic E-state index is -0.107. The van der Waals surface area contributed by atoms with Crippen molar-refractivity contribution in [3.63, 3.8) is 0 Å². The van der Waals surface area contributed by atoms with E-state index in [1.165, 1.54) is 12.5 Å². The van der Waals surface area contributed by atoms with Crippen molar-refractivity contribution in [3.8, 4) is 0 Å². The van der Waals surface area contributed by atoms with Gasteiger partial charge in [0.25, 0.3) is 0 Å². The molecule has 0 aliphatic rings. The van der Waals surface area contributed by atoms with Crippen LogP contribution in [0.3, 0.4) is 0 Å². The smallest absolute Gasteiger partial charge is 0.131 e. The van der Waals surface area contributed by atoms with Gasteiger partial charge in [-0.2, -0.15) is 0 Å². The predicted octanol–water partition coefficient (Wildman–Crippen LogP) is 2.43. The molecule has 1 aromatic rings. The van der Waals surface area contributed by atoms with Crippen LogP contribution < -0.4 is 10.4 Å². The van der Waals surface area contributed by atoms with Crippen molar-refractivity contribution >= 4 is 14.0 Å². The number of benzene rings is 1. The third-order valence-corrected chi connectivity index (χ3v) is 2.85. The van der Waals surface area contributed by atoms with Crippen LogP contribution in [-0.2, 0) is 0 Å². The number of hydrogen-bond acceptors (Lipinski definition) is 1. The van der Waals surface area contributed by atoms with Gasteiger partial charge < -0.3 is 0 Å². The lowest BCUT2D eigenvalue weighted by Crippen LogP contribution is -2.11. The van der Waals surface area contributed by atoms with Crippen molar-refractivity contribution in [2.24, 2.45) is 0 Å². The summed E-state index contributed by atoms with van der Waals surface area (Å²) in [5.41, 5.74) is 0. The van der Waals surface area contributed by atoms with Crippen LogP contribution in [0.15, 0.2) is 24.3 Å². The van der Waals surface area contributed by atoms with E-state index in [4.69, 9.17) is 0 Å². The van der Waals surface area contributed by atoms with Crippen molar-refractivity contribution in [2.75, 3.05) is 6.54 Å². The van der Waals surface area contributed by atoms with Crippen LogP contribution in [0.25, 0.3) is 0 Å². The summed E-state index contributed by atoms with van der Waals surface area (Å²) in [6, 6.07) is 6.92. The van der Waals surface area contributed by atoms with E-state index in [9.17, 15) is 4.39 Å². The zero-order valence-corrected chi connectivity index (χ0v) is 8.81. The molecule has 1 rings (SSSR count). The monoisotopic (exact) mass is 199 g/mol. The highest BCUT2D eigenvalue weighted by molar-refractivity contribution is 7.45. The second kappa shape index (κ2) is 6.06. The summed E-state index contributed by atoms with van der Waals surface area (Å²) < 4.78 is 13.1. The highest BCUT2D eigenvalue weighted by Gasteiger charge is 1.98. The molecule has 0 aromatic heterocycles. The van der Waals surface area contributed by atoms with Gasteiger partial charge in [0.15, 0.2) is 0 Å². The SMILES string of the molecule is CCCCNPc1ccccc1F. The Morgan fingerprint density at radius 2 is 2.15 bits per heavy atom. The number of nitrogens with one attached hydrogen (secondary N) is 1. The van der Waals surface area contributed by atoms with Crippen LogP contribution in [0.2, 0.25) is 0 Å². The van der Waals surface area contributed by atoms with Crippen LogP contribution in [0.5, 0.6) is 0 Å². The Hall–Kier alpha value is -0.460. The van der Waals surface area contributed by atoms with Crippen LogP contribution in [0.1, 0.15) is 19.8 Å². The van der Waals surface area contributed by atoms with Gasteiger partial charge in [-0.15, -0.1) is 0 Å². The Labute approximate surface area is 80.6 Å². The fourth-order valence-corrected chi connectivity index (χ4v) is 1.86.